The molecular weight excluding hydrogens is 950 g/mol. The van der Waals surface area contributed by atoms with Crippen molar-refractivity contribution in [2.45, 2.75) is 242 Å². The van der Waals surface area contributed by atoms with Crippen LogP contribution in [0.15, 0.2) is 36.5 Å². The summed E-state index contributed by atoms with van der Waals surface area (Å²) in [6.45, 7) is 2.38. The zero-order chi connectivity index (χ0) is 51.9. The van der Waals surface area contributed by atoms with Crippen molar-refractivity contribution in [1.29, 1.82) is 0 Å². The Bertz CT molecular complexity index is 1510. The van der Waals surface area contributed by atoms with Gasteiger partial charge in [-0.25, -0.2) is 9.13 Å². The molecule has 9 atom stereocenters. The first-order valence-electron chi connectivity index (χ1n) is 26.2. The number of hydrogen-bond donors (Lipinski definition) is 8. The van der Waals surface area contributed by atoms with Crippen LogP contribution in [0, 0.1) is 0 Å². The van der Waals surface area contributed by atoms with Crippen LogP contribution < -0.4 is 0 Å². The number of ether oxygens (including phenoxy) is 3. The van der Waals surface area contributed by atoms with Crippen molar-refractivity contribution in [3.8, 4) is 0 Å². The highest BCUT2D eigenvalue weighted by Gasteiger charge is 2.54. The third-order valence-corrected chi connectivity index (χ3v) is 13.3. The number of aliphatic hydroxyl groups excluding tert-OH is 5. The molecule has 1 aliphatic carbocycles. The molecule has 9 unspecified atom stereocenters. The van der Waals surface area contributed by atoms with Gasteiger partial charge in [0.25, 0.3) is 0 Å². The molecule has 70 heavy (non-hydrogen) atoms. The minimum Gasteiger partial charge on any atom is -0.462 e. The maximum Gasteiger partial charge on any atom is 0.472 e. The van der Waals surface area contributed by atoms with Crippen LogP contribution in [-0.2, 0) is 46.5 Å². The standard InChI is InChI=1S/C50H92O18P2/c1-3-5-7-9-11-13-15-17-19-20-22-23-25-27-29-31-33-35-43(52)64-40-42(66-44(53)36-34-32-30-28-26-24-21-18-16-14-12-10-8-6-4-2)39-63-37-41(51)38-65-70(61,62)68-50-47(56)45(54)46(55)49(48(50)57)67-69(58,59)60/h11,13,17,19,22-23,41-42,45-51,54-57H,3-10,12,14-16,18,20-21,24-40H2,1-2H3,(H,61,62)(H2,58,59,60). The van der Waals surface area contributed by atoms with E-state index in [1.54, 1.807) is 0 Å². The minimum atomic E-state index is -5.36. The van der Waals surface area contributed by atoms with Crippen LogP contribution >= 0.6 is 15.6 Å². The average Bonchev–Trinajstić information content (AvgIpc) is 3.31. The third kappa shape index (κ3) is 35.3. The summed E-state index contributed by atoms with van der Waals surface area (Å²) >= 11 is 0. The highest BCUT2D eigenvalue weighted by atomic mass is 31.2. The summed E-state index contributed by atoms with van der Waals surface area (Å²) in [7, 11) is -10.6. The zero-order valence-corrected chi connectivity index (χ0v) is 44.1. The molecule has 1 saturated carbocycles. The van der Waals surface area contributed by atoms with Gasteiger partial charge >= 0.3 is 27.6 Å². The number of esters is 2. The highest BCUT2D eigenvalue weighted by molar-refractivity contribution is 7.47. The van der Waals surface area contributed by atoms with Crippen LogP contribution in [0.4, 0.5) is 0 Å². The van der Waals surface area contributed by atoms with Crippen LogP contribution in [0.5, 0.6) is 0 Å². The normalized spacial score (nSPS) is 21.7. The van der Waals surface area contributed by atoms with E-state index < -0.39 is 89.6 Å². The largest absolute Gasteiger partial charge is 0.472 e. The molecule has 8 N–H and O–H groups in total. The van der Waals surface area contributed by atoms with Crippen LogP contribution in [0.3, 0.4) is 0 Å². The Morgan fingerprint density at radius 3 is 1.44 bits per heavy atom. The van der Waals surface area contributed by atoms with Crippen molar-refractivity contribution in [3.63, 3.8) is 0 Å². The Morgan fingerprint density at radius 1 is 0.500 bits per heavy atom. The van der Waals surface area contributed by atoms with Crippen LogP contribution in [-0.4, -0.2) is 127 Å². The molecule has 0 amide bonds. The van der Waals surface area contributed by atoms with Crippen molar-refractivity contribution in [1.82, 2.24) is 0 Å². The van der Waals surface area contributed by atoms with Gasteiger partial charge in [0.05, 0.1) is 19.8 Å². The summed E-state index contributed by atoms with van der Waals surface area (Å²) in [6, 6.07) is 0. The number of hydrogen-bond acceptors (Lipinski definition) is 15. The number of allylic oxidation sites excluding steroid dienone is 6. The van der Waals surface area contributed by atoms with Crippen LogP contribution in [0.25, 0.3) is 0 Å². The van der Waals surface area contributed by atoms with Crippen LogP contribution in [0.1, 0.15) is 194 Å². The maximum absolute atomic E-state index is 12.8. The number of carbonyl (C=O) groups excluding carboxylic acids is 2. The van der Waals surface area contributed by atoms with Gasteiger partial charge in [-0.15, -0.1) is 0 Å². The molecule has 0 aromatic rings. The molecule has 0 aliphatic heterocycles. The summed E-state index contributed by atoms with van der Waals surface area (Å²) in [4.78, 5) is 53.9. The van der Waals surface area contributed by atoms with E-state index in [9.17, 15) is 49.1 Å². The van der Waals surface area contributed by atoms with E-state index in [4.69, 9.17) is 33.0 Å². The molecule has 18 nitrogen and oxygen atoms in total. The second-order valence-corrected chi connectivity index (χ2v) is 21.0. The average molecular weight is 1040 g/mol. The summed E-state index contributed by atoms with van der Waals surface area (Å²) in [5, 5.41) is 51.3. The SMILES string of the molecule is CCCCCC=CCC=CCC=CCCCCCCC(=O)OCC(COCC(O)COP(=O)(O)OC1C(O)C(O)C(O)C(OP(=O)(O)O)C1O)OC(=O)CCCCCCCCCCCCCCCCC. The molecule has 0 aromatic heterocycles. The molecule has 0 heterocycles. The van der Waals surface area contributed by atoms with Gasteiger partial charge in [-0.05, 0) is 51.4 Å². The number of phosphoric acid groups is 2. The highest BCUT2D eigenvalue weighted by Crippen LogP contribution is 2.48. The Morgan fingerprint density at radius 2 is 0.929 bits per heavy atom. The van der Waals surface area contributed by atoms with E-state index in [1.807, 2.05) is 0 Å². The molecule has 0 aromatic carbocycles. The molecule has 410 valence electrons. The Hall–Kier alpha value is -1.86. The lowest BCUT2D eigenvalue weighted by atomic mass is 9.85. The zero-order valence-electron chi connectivity index (χ0n) is 42.3. The van der Waals surface area contributed by atoms with Gasteiger partial charge in [-0.1, -0.05) is 166 Å². The van der Waals surface area contributed by atoms with Gasteiger partial charge in [0, 0.05) is 12.8 Å². The lowest BCUT2D eigenvalue weighted by Gasteiger charge is -2.43. The lowest BCUT2D eigenvalue weighted by Crippen LogP contribution is -2.64. The predicted molar refractivity (Wildman–Crippen MR) is 267 cm³/mol. The topological polar surface area (TPSA) is 285 Å². The number of rotatable bonds is 45. The Labute approximate surface area is 418 Å². The van der Waals surface area contributed by atoms with Gasteiger partial charge in [0.1, 0.15) is 49.3 Å². The summed E-state index contributed by atoms with van der Waals surface area (Å²) in [6.07, 6.45) is 26.3. The monoisotopic (exact) mass is 1040 g/mol. The number of aliphatic hydroxyl groups is 5. The Balaban J connectivity index is 2.55. The lowest BCUT2D eigenvalue weighted by molar-refractivity contribution is -0.216. The molecule has 1 aliphatic rings. The van der Waals surface area contributed by atoms with Gasteiger partial charge < -0.3 is 54.4 Å². The molecule has 20 heteroatoms. The van der Waals surface area contributed by atoms with E-state index in [1.165, 1.54) is 89.9 Å². The van der Waals surface area contributed by atoms with E-state index in [0.717, 1.165) is 64.2 Å². The van der Waals surface area contributed by atoms with Gasteiger partial charge in [-0.2, -0.15) is 0 Å². The molecule has 0 radical (unpaired) electrons. The van der Waals surface area contributed by atoms with Crippen molar-refractivity contribution in [3.05, 3.63) is 36.5 Å². The first-order valence-corrected chi connectivity index (χ1v) is 29.2. The third-order valence-electron chi connectivity index (χ3n) is 11.8. The number of phosphoric ester groups is 2. The first kappa shape index (κ1) is 66.2. The van der Waals surface area contributed by atoms with E-state index in [-0.39, 0.29) is 26.1 Å². The molecule has 0 bridgehead atoms. The fourth-order valence-corrected chi connectivity index (χ4v) is 9.32. The van der Waals surface area contributed by atoms with Gasteiger partial charge in [0.2, 0.25) is 0 Å². The smallest absolute Gasteiger partial charge is 0.462 e. The van der Waals surface area contributed by atoms with Gasteiger partial charge in [-0.3, -0.25) is 23.2 Å². The minimum absolute atomic E-state index is 0.153. The summed E-state index contributed by atoms with van der Waals surface area (Å²) < 4.78 is 54.3. The fourth-order valence-electron chi connectivity index (χ4n) is 7.77. The second kappa shape index (κ2) is 41.5. The van der Waals surface area contributed by atoms with Crippen molar-refractivity contribution in [2.75, 3.05) is 26.4 Å². The van der Waals surface area contributed by atoms with E-state index in [0.29, 0.717) is 12.8 Å². The molecule has 0 spiro atoms. The van der Waals surface area contributed by atoms with Gasteiger partial charge in [0.15, 0.2) is 6.10 Å². The molecule has 1 fully saturated rings. The predicted octanol–water partition coefficient (Wildman–Crippen LogP) is 8.89. The number of carbonyl (C=O) groups is 2. The second-order valence-electron chi connectivity index (χ2n) is 18.4. The van der Waals surface area contributed by atoms with E-state index >= 15 is 0 Å². The molecule has 0 saturated heterocycles. The van der Waals surface area contributed by atoms with Crippen LogP contribution in [0.2, 0.25) is 0 Å². The fraction of sp³-hybridized carbons (Fsp3) is 0.840. The molecule has 1 rings (SSSR count). The maximum atomic E-state index is 12.8. The van der Waals surface area contributed by atoms with Crippen molar-refractivity contribution >= 4 is 27.6 Å². The number of unbranched alkanes of at least 4 members (excludes halogenated alkanes) is 21. The first-order chi connectivity index (χ1) is 33.5. The quantitative estimate of drug-likeness (QED) is 0.0122. The van der Waals surface area contributed by atoms with Crippen molar-refractivity contribution < 1.29 is 86.7 Å². The summed E-state index contributed by atoms with van der Waals surface area (Å²) in [5.74, 6) is -0.969. The van der Waals surface area contributed by atoms with E-state index in [2.05, 4.69) is 54.8 Å². The summed E-state index contributed by atoms with van der Waals surface area (Å²) in [5.41, 5.74) is 0. The Kier molecular flexibility index (Phi) is 39.2. The molecular formula is C50H92O18P2. The van der Waals surface area contributed by atoms with Crippen molar-refractivity contribution in [2.24, 2.45) is 0 Å².